The Morgan fingerprint density at radius 1 is 0.812 bits per heavy atom. The van der Waals surface area contributed by atoms with Gasteiger partial charge in [0.2, 0.25) is 11.0 Å². The van der Waals surface area contributed by atoms with Crippen molar-refractivity contribution in [2.75, 3.05) is 0 Å². The Kier molecular flexibility index (Phi) is 3.05. The maximum absolute atomic E-state index is 4.62. The van der Waals surface area contributed by atoms with Crippen LogP contribution in [0, 0.1) is 0 Å². The van der Waals surface area contributed by atoms with E-state index in [0.29, 0.717) is 0 Å². The number of aryl methyl sites for hydroxylation is 1. The second-order valence-electron chi connectivity index (χ2n) is 3.65. The first-order chi connectivity index (χ1) is 7.36. The predicted molar refractivity (Wildman–Crippen MR) is 60.4 cm³/mol. The molecule has 3 rings (SSSR count). The number of para-hydroxylation sites is 4. The molecule has 0 saturated heterocycles. The van der Waals surface area contributed by atoms with E-state index in [9.17, 15) is 0 Å². The van der Waals surface area contributed by atoms with Crippen molar-refractivity contribution in [1.82, 2.24) is 4.98 Å². The minimum absolute atomic E-state index is 0. The fourth-order valence-corrected chi connectivity index (χ4v) is 1.94. The van der Waals surface area contributed by atoms with Crippen molar-refractivity contribution in [3.8, 4) is 0 Å². The number of nitrogens with zero attached hydrogens (tertiary/aromatic N) is 2. The second-order valence-corrected chi connectivity index (χ2v) is 3.65. The number of rotatable bonds is 0. The molecule has 1 heterocycles. The summed E-state index contributed by atoms with van der Waals surface area (Å²) in [6.45, 7) is 0. The van der Waals surface area contributed by atoms with Crippen molar-refractivity contribution in [1.29, 1.82) is 0 Å². The summed E-state index contributed by atoms with van der Waals surface area (Å²) in [7, 11) is 2.08. The first-order valence-electron chi connectivity index (χ1n) is 5.00. The lowest BCUT2D eigenvalue weighted by molar-refractivity contribution is -0.617. The number of hydrogen-bond donors (Lipinski definition) is 0. The van der Waals surface area contributed by atoms with Gasteiger partial charge < -0.3 is 24.0 Å². The number of aromatic nitrogens is 2. The van der Waals surface area contributed by atoms with Gasteiger partial charge in [-0.25, -0.2) is 4.98 Å². The van der Waals surface area contributed by atoms with E-state index >= 15 is 0 Å². The van der Waals surface area contributed by atoms with Gasteiger partial charge in [0.25, 0.3) is 0 Å². The lowest BCUT2D eigenvalue weighted by atomic mass is 10.2. The first kappa shape index (κ1) is 11.3. The topological polar surface area (TPSA) is 16.8 Å². The van der Waals surface area contributed by atoms with E-state index in [2.05, 4.69) is 28.7 Å². The Labute approximate surface area is 111 Å². The van der Waals surface area contributed by atoms with Gasteiger partial charge in [0.05, 0.1) is 0 Å². The largest absolute Gasteiger partial charge is 1.00 e. The zero-order valence-electron chi connectivity index (χ0n) is 8.89. The number of benzene rings is 2. The molecule has 0 aliphatic carbocycles. The molecule has 3 heteroatoms. The van der Waals surface area contributed by atoms with Crippen LogP contribution in [-0.4, -0.2) is 4.98 Å². The molecule has 2 nitrogen and oxygen atoms in total. The van der Waals surface area contributed by atoms with Crippen molar-refractivity contribution in [2.45, 2.75) is 0 Å². The quantitative estimate of drug-likeness (QED) is 0.301. The minimum Gasteiger partial charge on any atom is -1.00 e. The number of halogens is 1. The summed E-state index contributed by atoms with van der Waals surface area (Å²) < 4.78 is 2.18. The van der Waals surface area contributed by atoms with Gasteiger partial charge in [-0.15, -0.1) is 0 Å². The highest BCUT2D eigenvalue weighted by Gasteiger charge is 2.10. The SMILES string of the molecule is C[n+]1c2ccccc2nc2ccccc21.[I-]. The van der Waals surface area contributed by atoms with Crippen LogP contribution < -0.4 is 28.5 Å². The van der Waals surface area contributed by atoms with Crippen LogP contribution in [0.3, 0.4) is 0 Å². The number of hydrogen-bond acceptors (Lipinski definition) is 1. The summed E-state index contributed by atoms with van der Waals surface area (Å²) in [5, 5.41) is 0. The van der Waals surface area contributed by atoms with E-state index in [1.165, 1.54) is 0 Å². The summed E-state index contributed by atoms with van der Waals surface area (Å²) in [6.07, 6.45) is 0. The van der Waals surface area contributed by atoms with Crippen LogP contribution in [0.1, 0.15) is 0 Å². The Bertz CT molecular complexity index is 596. The normalized spacial score (nSPS) is 10.3. The first-order valence-corrected chi connectivity index (χ1v) is 5.00. The molecule has 0 amide bonds. The van der Waals surface area contributed by atoms with E-state index in [1.54, 1.807) is 0 Å². The zero-order chi connectivity index (χ0) is 10.3. The van der Waals surface area contributed by atoms with Gasteiger partial charge in [0.15, 0.2) is 0 Å². The fraction of sp³-hybridized carbons (Fsp3) is 0.0769. The van der Waals surface area contributed by atoms with Gasteiger partial charge in [0, 0.05) is 12.1 Å². The van der Waals surface area contributed by atoms with Crippen LogP contribution in [0.15, 0.2) is 48.5 Å². The Balaban J connectivity index is 0.000000963. The molecule has 80 valence electrons. The van der Waals surface area contributed by atoms with Crippen molar-refractivity contribution in [3.05, 3.63) is 48.5 Å². The molecule has 0 aliphatic heterocycles. The average Bonchev–Trinajstić information content (AvgIpc) is 2.30. The van der Waals surface area contributed by atoms with E-state index in [0.717, 1.165) is 22.1 Å². The zero-order valence-corrected chi connectivity index (χ0v) is 11.0. The standard InChI is InChI=1S/C13H11N2.HI/c1-15-12-8-4-2-6-10(12)14-11-7-3-5-9-13(11)15;/h2-9H,1H3;1H/q+1;/p-1. The van der Waals surface area contributed by atoms with Crippen molar-refractivity contribution in [2.24, 2.45) is 7.05 Å². The highest BCUT2D eigenvalue weighted by molar-refractivity contribution is 5.81. The molecule has 0 atom stereocenters. The molecule has 0 unspecified atom stereocenters. The molecule has 16 heavy (non-hydrogen) atoms. The Morgan fingerprint density at radius 3 is 1.75 bits per heavy atom. The summed E-state index contributed by atoms with van der Waals surface area (Å²) in [6, 6.07) is 16.4. The van der Waals surface area contributed by atoms with Crippen molar-refractivity contribution < 1.29 is 28.5 Å². The van der Waals surface area contributed by atoms with Crippen molar-refractivity contribution in [3.63, 3.8) is 0 Å². The third-order valence-electron chi connectivity index (χ3n) is 2.73. The second kappa shape index (κ2) is 4.33. The van der Waals surface area contributed by atoms with Gasteiger partial charge in [-0.05, 0) is 12.1 Å². The Hall–Kier alpha value is -1.23. The molecular formula is C13H11IN2. The predicted octanol–water partition coefficient (Wildman–Crippen LogP) is -0.783. The summed E-state index contributed by atoms with van der Waals surface area (Å²) in [5.74, 6) is 0. The van der Waals surface area contributed by atoms with Crippen molar-refractivity contribution >= 4 is 22.1 Å². The maximum Gasteiger partial charge on any atom is 0.231 e. The molecular weight excluding hydrogens is 311 g/mol. The van der Waals surface area contributed by atoms with E-state index in [1.807, 2.05) is 36.4 Å². The van der Waals surface area contributed by atoms with Gasteiger partial charge in [-0.1, -0.05) is 24.3 Å². The molecule has 0 radical (unpaired) electrons. The lowest BCUT2D eigenvalue weighted by Crippen LogP contribution is -3.00. The minimum atomic E-state index is 0. The smallest absolute Gasteiger partial charge is 0.231 e. The van der Waals surface area contributed by atoms with Gasteiger partial charge >= 0.3 is 0 Å². The number of fused-ring (bicyclic) bond motifs is 2. The van der Waals surface area contributed by atoms with Crippen LogP contribution >= 0.6 is 0 Å². The summed E-state index contributed by atoms with van der Waals surface area (Å²) in [4.78, 5) is 4.62. The Morgan fingerprint density at radius 2 is 1.25 bits per heavy atom. The molecule has 3 aromatic rings. The molecule has 0 saturated carbocycles. The summed E-state index contributed by atoms with van der Waals surface area (Å²) in [5.41, 5.74) is 4.41. The van der Waals surface area contributed by atoms with Gasteiger partial charge in [-0.2, -0.15) is 4.57 Å². The van der Waals surface area contributed by atoms with Crippen LogP contribution in [-0.2, 0) is 7.05 Å². The lowest BCUT2D eigenvalue weighted by Gasteiger charge is -1.99. The third-order valence-corrected chi connectivity index (χ3v) is 2.73. The van der Waals surface area contributed by atoms with E-state index in [-0.39, 0.29) is 24.0 Å². The molecule has 0 aliphatic rings. The van der Waals surface area contributed by atoms with Gasteiger partial charge in [0.1, 0.15) is 18.1 Å². The average molecular weight is 322 g/mol. The fourth-order valence-electron chi connectivity index (χ4n) is 1.94. The van der Waals surface area contributed by atoms with Crippen LogP contribution in [0.5, 0.6) is 0 Å². The molecule has 0 bridgehead atoms. The van der Waals surface area contributed by atoms with Crippen LogP contribution in [0.25, 0.3) is 22.1 Å². The van der Waals surface area contributed by atoms with E-state index < -0.39 is 0 Å². The van der Waals surface area contributed by atoms with Gasteiger partial charge in [-0.3, -0.25) is 0 Å². The molecule has 0 N–H and O–H groups in total. The maximum atomic E-state index is 4.62. The third kappa shape index (κ3) is 1.65. The van der Waals surface area contributed by atoms with Crippen LogP contribution in [0.4, 0.5) is 0 Å². The van der Waals surface area contributed by atoms with Crippen LogP contribution in [0.2, 0.25) is 0 Å². The monoisotopic (exact) mass is 322 g/mol. The highest BCUT2D eigenvalue weighted by Crippen LogP contribution is 2.12. The molecule has 2 aromatic carbocycles. The molecule has 0 fully saturated rings. The highest BCUT2D eigenvalue weighted by atomic mass is 127. The molecule has 1 aromatic heterocycles. The molecule has 0 spiro atoms. The van der Waals surface area contributed by atoms with E-state index in [4.69, 9.17) is 0 Å². The summed E-state index contributed by atoms with van der Waals surface area (Å²) >= 11 is 0.